The fourth-order valence-corrected chi connectivity index (χ4v) is 3.33. The number of aromatic nitrogens is 2. The summed E-state index contributed by atoms with van der Waals surface area (Å²) in [5.41, 5.74) is -1.90. The number of carbonyl (C=O) groups excluding carboxylic acids is 2. The van der Waals surface area contributed by atoms with Crippen LogP contribution in [0.3, 0.4) is 0 Å². The van der Waals surface area contributed by atoms with Crippen LogP contribution in [0.5, 0.6) is 0 Å². The number of benzene rings is 1. The number of anilines is 1. The summed E-state index contributed by atoms with van der Waals surface area (Å²) < 4.78 is 61.3. The second kappa shape index (κ2) is 8.75. The van der Waals surface area contributed by atoms with Crippen molar-refractivity contribution in [2.75, 3.05) is 30.9 Å². The van der Waals surface area contributed by atoms with E-state index in [9.17, 15) is 27.0 Å². The maximum Gasteiger partial charge on any atom is 0.418 e. The highest BCUT2D eigenvalue weighted by Gasteiger charge is 2.35. The largest absolute Gasteiger partial charge is 0.418 e. The van der Waals surface area contributed by atoms with Crippen LogP contribution in [-0.2, 0) is 17.4 Å². The molecule has 30 heavy (non-hydrogen) atoms. The van der Waals surface area contributed by atoms with E-state index in [1.807, 2.05) is 0 Å². The molecule has 1 aliphatic heterocycles. The Labute approximate surface area is 171 Å². The van der Waals surface area contributed by atoms with Crippen molar-refractivity contribution in [2.24, 2.45) is 0 Å². The molecule has 9 nitrogen and oxygen atoms in total. The van der Waals surface area contributed by atoms with Gasteiger partial charge in [0, 0.05) is 44.1 Å². The molecule has 0 aliphatic carbocycles. The van der Waals surface area contributed by atoms with E-state index in [0.717, 1.165) is 12.1 Å². The summed E-state index contributed by atoms with van der Waals surface area (Å²) in [5.74, 6) is -0.981. The summed E-state index contributed by atoms with van der Waals surface area (Å²) in [6.45, 7) is 0.645. The average molecular weight is 443 g/mol. The number of carbonyl (C=O) groups is 2. The summed E-state index contributed by atoms with van der Waals surface area (Å²) in [4.78, 5) is 35.6. The number of hydrogen-bond donors (Lipinski definition) is 2. The highest BCUT2D eigenvalue weighted by molar-refractivity contribution is 7.80. The molecular weight excluding hydrogens is 427 g/mol. The van der Waals surface area contributed by atoms with Gasteiger partial charge in [0.1, 0.15) is 5.69 Å². The third-order valence-electron chi connectivity index (χ3n) is 4.41. The van der Waals surface area contributed by atoms with Crippen LogP contribution in [0.15, 0.2) is 36.8 Å². The lowest BCUT2D eigenvalue weighted by Crippen LogP contribution is -2.50. The number of nitrogens with zero attached hydrogens (tertiary/aromatic N) is 4. The topological polar surface area (TPSA) is 116 Å². The lowest BCUT2D eigenvalue weighted by atomic mass is 10.1. The van der Waals surface area contributed by atoms with E-state index in [1.165, 1.54) is 28.4 Å². The normalized spacial score (nSPS) is 15.6. The molecule has 2 amide bonds. The van der Waals surface area contributed by atoms with Gasteiger partial charge in [0.05, 0.1) is 17.4 Å². The molecule has 0 bridgehead atoms. The number of halogens is 3. The Morgan fingerprint density at radius 1 is 1.07 bits per heavy atom. The Hall–Kier alpha value is -3.06. The van der Waals surface area contributed by atoms with Crippen molar-refractivity contribution in [3.8, 4) is 0 Å². The molecule has 1 aromatic carbocycles. The number of piperazine rings is 1. The van der Waals surface area contributed by atoms with Crippen molar-refractivity contribution < 1.29 is 31.5 Å². The summed E-state index contributed by atoms with van der Waals surface area (Å²) in [5, 5.41) is 0. The first-order valence-electron chi connectivity index (χ1n) is 8.60. The Morgan fingerprint density at radius 2 is 1.70 bits per heavy atom. The van der Waals surface area contributed by atoms with Crippen LogP contribution >= 0.6 is 0 Å². The molecular formula is C17H16F3N5O4S. The van der Waals surface area contributed by atoms with Gasteiger partial charge in [0.2, 0.25) is 0 Å². The van der Waals surface area contributed by atoms with E-state index in [0.29, 0.717) is 6.07 Å². The maximum absolute atomic E-state index is 13.3. The van der Waals surface area contributed by atoms with Gasteiger partial charge in [-0.15, -0.1) is 0 Å². The van der Waals surface area contributed by atoms with Gasteiger partial charge in [-0.05, 0) is 18.2 Å². The summed E-state index contributed by atoms with van der Waals surface area (Å²) in [7, 11) is 0. The van der Waals surface area contributed by atoms with Crippen LogP contribution < -0.4 is 4.72 Å². The van der Waals surface area contributed by atoms with Gasteiger partial charge in [-0.2, -0.15) is 13.2 Å². The molecule has 1 fully saturated rings. The Bertz CT molecular complexity index is 966. The molecule has 2 aromatic rings. The highest BCUT2D eigenvalue weighted by atomic mass is 32.2. The lowest BCUT2D eigenvalue weighted by molar-refractivity contribution is -0.136. The lowest BCUT2D eigenvalue weighted by Gasteiger charge is -2.34. The molecule has 2 heterocycles. The van der Waals surface area contributed by atoms with Crippen molar-refractivity contribution in [3.63, 3.8) is 0 Å². The van der Waals surface area contributed by atoms with Crippen molar-refractivity contribution in [3.05, 3.63) is 53.6 Å². The van der Waals surface area contributed by atoms with E-state index in [2.05, 4.69) is 9.97 Å². The van der Waals surface area contributed by atoms with Gasteiger partial charge in [-0.25, -0.2) is 9.19 Å². The number of amides is 2. The first-order valence-corrected chi connectivity index (χ1v) is 9.71. The zero-order valence-corrected chi connectivity index (χ0v) is 16.1. The molecule has 1 atom stereocenters. The average Bonchev–Trinajstić information content (AvgIpc) is 2.72. The molecule has 13 heteroatoms. The van der Waals surface area contributed by atoms with E-state index in [4.69, 9.17) is 4.55 Å². The predicted octanol–water partition coefficient (Wildman–Crippen LogP) is 1.64. The molecule has 1 unspecified atom stereocenters. The van der Waals surface area contributed by atoms with Crippen molar-refractivity contribution in [1.29, 1.82) is 0 Å². The molecule has 1 aromatic heterocycles. The fourth-order valence-electron chi connectivity index (χ4n) is 2.96. The molecule has 2 N–H and O–H groups in total. The van der Waals surface area contributed by atoms with Gasteiger partial charge in [0.25, 0.3) is 23.1 Å². The maximum atomic E-state index is 13.3. The van der Waals surface area contributed by atoms with Crippen LogP contribution in [0, 0.1) is 0 Å². The van der Waals surface area contributed by atoms with Crippen LogP contribution in [0.25, 0.3) is 0 Å². The Kier molecular flexibility index (Phi) is 6.31. The van der Waals surface area contributed by atoms with Gasteiger partial charge >= 0.3 is 6.18 Å². The monoisotopic (exact) mass is 443 g/mol. The minimum atomic E-state index is -4.83. The number of nitrogens with one attached hydrogen (secondary N) is 1. The van der Waals surface area contributed by atoms with Gasteiger partial charge in [-0.3, -0.25) is 23.8 Å². The third-order valence-corrected chi connectivity index (χ3v) is 4.80. The van der Waals surface area contributed by atoms with Crippen molar-refractivity contribution in [1.82, 2.24) is 19.8 Å². The van der Waals surface area contributed by atoms with Crippen molar-refractivity contribution in [2.45, 2.75) is 6.18 Å². The van der Waals surface area contributed by atoms with Gasteiger partial charge < -0.3 is 9.80 Å². The highest BCUT2D eigenvalue weighted by Crippen LogP contribution is 2.36. The van der Waals surface area contributed by atoms with Gasteiger partial charge in [-0.1, -0.05) is 0 Å². The minimum Gasteiger partial charge on any atom is -0.335 e. The zero-order chi connectivity index (χ0) is 21.9. The second-order valence-corrected chi connectivity index (χ2v) is 6.99. The predicted molar refractivity (Wildman–Crippen MR) is 99.7 cm³/mol. The number of alkyl halides is 3. The van der Waals surface area contributed by atoms with Crippen LogP contribution in [0.1, 0.15) is 26.4 Å². The molecule has 1 aliphatic rings. The fraction of sp³-hybridized carbons (Fsp3) is 0.294. The van der Waals surface area contributed by atoms with Crippen LogP contribution in [0.2, 0.25) is 0 Å². The number of rotatable bonds is 4. The molecule has 1 saturated heterocycles. The van der Waals surface area contributed by atoms with E-state index in [1.54, 1.807) is 4.72 Å². The van der Waals surface area contributed by atoms with Gasteiger partial charge in [0.15, 0.2) is 0 Å². The third kappa shape index (κ3) is 4.91. The Morgan fingerprint density at radius 3 is 2.23 bits per heavy atom. The smallest absolute Gasteiger partial charge is 0.335 e. The van der Waals surface area contributed by atoms with Crippen LogP contribution in [0.4, 0.5) is 18.9 Å². The zero-order valence-electron chi connectivity index (χ0n) is 15.3. The second-order valence-electron chi connectivity index (χ2n) is 6.28. The SMILES string of the molecule is O=C(c1ccc(NS(=O)O)c(C(F)(F)F)c1)N1CCN(C(=O)c2cnccn2)CC1. The van der Waals surface area contributed by atoms with E-state index < -0.39 is 34.6 Å². The first-order chi connectivity index (χ1) is 14.2. The van der Waals surface area contributed by atoms with Crippen molar-refractivity contribution >= 4 is 28.8 Å². The Balaban J connectivity index is 1.72. The molecule has 0 saturated carbocycles. The summed E-state index contributed by atoms with van der Waals surface area (Å²) in [6.07, 6.45) is -0.689. The van der Waals surface area contributed by atoms with Crippen LogP contribution in [-0.4, -0.2) is 66.5 Å². The molecule has 0 spiro atoms. The quantitative estimate of drug-likeness (QED) is 0.695. The minimum absolute atomic E-state index is 0.132. The summed E-state index contributed by atoms with van der Waals surface area (Å²) >= 11 is -2.70. The summed E-state index contributed by atoms with van der Waals surface area (Å²) in [6, 6.07) is 2.70. The van der Waals surface area contributed by atoms with E-state index in [-0.39, 0.29) is 43.3 Å². The molecule has 160 valence electrons. The molecule has 3 rings (SSSR count). The first kappa shape index (κ1) is 21.6. The number of hydrogen-bond acceptors (Lipinski definition) is 5. The molecule has 0 radical (unpaired) electrons. The van der Waals surface area contributed by atoms with E-state index >= 15 is 0 Å². The standard InChI is InChI=1S/C17H16F3N5O4S/c18-17(19,20)12-9-11(1-2-13(12)23-30(28)29)15(26)24-5-7-25(8-6-24)16(27)14-10-21-3-4-22-14/h1-4,9-10,23H,5-8H2,(H,28,29).